The Balaban J connectivity index is 0.979. The first kappa shape index (κ1) is 41.8. The van der Waals surface area contributed by atoms with Gasteiger partial charge in [-0.25, -0.2) is 0 Å². The maximum Gasteiger partial charge on any atom is 0.0547 e. The Kier molecular flexibility index (Phi) is 9.56. The van der Waals surface area contributed by atoms with Crippen LogP contribution in [0.1, 0.15) is 25.0 Å². The van der Waals surface area contributed by atoms with E-state index < -0.39 is 0 Å². The fourth-order valence-electron chi connectivity index (χ4n) is 11.8. The van der Waals surface area contributed by atoms with Crippen molar-refractivity contribution in [3.8, 4) is 55.9 Å². The fourth-order valence-corrected chi connectivity index (χ4v) is 11.8. The smallest absolute Gasteiger partial charge is 0.0547 e. The third-order valence-electron chi connectivity index (χ3n) is 15.3. The van der Waals surface area contributed by atoms with Gasteiger partial charge >= 0.3 is 0 Å². The lowest BCUT2D eigenvalue weighted by Crippen LogP contribution is -2.15. The van der Waals surface area contributed by atoms with Crippen molar-refractivity contribution in [2.24, 2.45) is 0 Å². The molecule has 2 heterocycles. The first-order chi connectivity index (χ1) is 35.5. The molecule has 11 aromatic carbocycles. The van der Waals surface area contributed by atoms with E-state index in [0.29, 0.717) is 0 Å². The molecule has 340 valence electrons. The summed E-state index contributed by atoms with van der Waals surface area (Å²) < 4.78 is 4.90. The van der Waals surface area contributed by atoms with E-state index in [-0.39, 0.29) is 5.41 Å². The van der Waals surface area contributed by atoms with Gasteiger partial charge in [-0.05, 0) is 159 Å². The number of anilines is 3. The van der Waals surface area contributed by atoms with Gasteiger partial charge in [0.15, 0.2) is 0 Å². The third-order valence-corrected chi connectivity index (χ3v) is 15.3. The molecule has 1 aliphatic rings. The lowest BCUT2D eigenvalue weighted by Gasteiger charge is -2.26. The van der Waals surface area contributed by atoms with Crippen LogP contribution in [0.5, 0.6) is 0 Å². The Bertz CT molecular complexity index is 4190. The summed E-state index contributed by atoms with van der Waals surface area (Å²) in [6, 6.07) is 96.0. The van der Waals surface area contributed by atoms with Crippen LogP contribution in [0.15, 0.2) is 261 Å². The second-order valence-corrected chi connectivity index (χ2v) is 19.8. The van der Waals surface area contributed by atoms with Crippen molar-refractivity contribution in [3.05, 3.63) is 272 Å². The third kappa shape index (κ3) is 6.66. The standard InChI is InChI=1S/C69H49N3/c1-69(2)63-30-15-12-27-57(63)58-38-35-56(45-64(58)69)72-66-32-17-14-29-60(66)62-37-34-48(44-68(62)72)51-40-49(46-19-18-26-55(42-46)70(52-20-6-3-7-21-52)53-22-8-4-9-23-53)39-50(41-51)47-33-36-61-59-28-13-16-31-65(59)71(67(61)43-47)54-24-10-5-11-25-54/h3-45H,1-2H3. The topological polar surface area (TPSA) is 13.1 Å². The van der Waals surface area contributed by atoms with Gasteiger partial charge in [0.25, 0.3) is 0 Å². The van der Waals surface area contributed by atoms with E-state index in [0.717, 1.165) is 56.1 Å². The molecule has 0 bridgehead atoms. The minimum absolute atomic E-state index is 0.113. The number of benzene rings is 11. The first-order valence-corrected chi connectivity index (χ1v) is 25.0. The molecule has 0 saturated carbocycles. The van der Waals surface area contributed by atoms with Crippen LogP contribution in [-0.2, 0) is 5.41 Å². The molecule has 0 aliphatic heterocycles. The van der Waals surface area contributed by atoms with Crippen molar-refractivity contribution in [3.63, 3.8) is 0 Å². The molecule has 72 heavy (non-hydrogen) atoms. The summed E-state index contributed by atoms with van der Waals surface area (Å²) in [5.41, 5.74) is 22.6. The highest BCUT2D eigenvalue weighted by Crippen LogP contribution is 2.50. The number of fused-ring (bicyclic) bond motifs is 9. The second-order valence-electron chi connectivity index (χ2n) is 19.8. The monoisotopic (exact) mass is 919 g/mol. The molecule has 0 atom stereocenters. The van der Waals surface area contributed by atoms with Crippen LogP contribution in [-0.4, -0.2) is 9.13 Å². The Morgan fingerprint density at radius 1 is 0.278 bits per heavy atom. The van der Waals surface area contributed by atoms with Gasteiger partial charge in [-0.2, -0.15) is 0 Å². The molecule has 14 rings (SSSR count). The van der Waals surface area contributed by atoms with Gasteiger partial charge in [0.2, 0.25) is 0 Å². The highest BCUT2D eigenvalue weighted by molar-refractivity contribution is 6.12. The Hall–Kier alpha value is -9.18. The minimum atomic E-state index is -0.113. The molecule has 0 N–H and O–H groups in total. The van der Waals surface area contributed by atoms with E-state index in [9.17, 15) is 0 Å². The van der Waals surface area contributed by atoms with Crippen LogP contribution in [0.2, 0.25) is 0 Å². The minimum Gasteiger partial charge on any atom is -0.310 e. The van der Waals surface area contributed by atoms with E-state index in [1.807, 2.05) is 0 Å². The fraction of sp³-hybridized carbons (Fsp3) is 0.0435. The number of nitrogens with zero attached hydrogens (tertiary/aromatic N) is 3. The zero-order valence-corrected chi connectivity index (χ0v) is 40.2. The average molecular weight is 920 g/mol. The van der Waals surface area contributed by atoms with Crippen LogP contribution >= 0.6 is 0 Å². The molecular weight excluding hydrogens is 871 g/mol. The number of hydrogen-bond acceptors (Lipinski definition) is 1. The summed E-state index contributed by atoms with van der Waals surface area (Å²) in [7, 11) is 0. The predicted octanol–water partition coefficient (Wildman–Crippen LogP) is 18.7. The number of hydrogen-bond donors (Lipinski definition) is 0. The summed E-state index contributed by atoms with van der Waals surface area (Å²) in [6.45, 7) is 4.73. The summed E-state index contributed by atoms with van der Waals surface area (Å²) in [6.07, 6.45) is 0. The number of rotatable bonds is 8. The second kappa shape index (κ2) is 16.5. The molecule has 13 aromatic rings. The number of aromatic nitrogens is 2. The van der Waals surface area contributed by atoms with E-state index in [1.54, 1.807) is 0 Å². The van der Waals surface area contributed by atoms with Crippen molar-refractivity contribution in [2.75, 3.05) is 4.90 Å². The van der Waals surface area contributed by atoms with Crippen LogP contribution in [0.25, 0.3) is 99.5 Å². The van der Waals surface area contributed by atoms with Gasteiger partial charge in [-0.15, -0.1) is 0 Å². The predicted molar refractivity (Wildman–Crippen MR) is 304 cm³/mol. The first-order valence-electron chi connectivity index (χ1n) is 25.0. The van der Waals surface area contributed by atoms with Crippen molar-refractivity contribution >= 4 is 60.7 Å². The van der Waals surface area contributed by atoms with Gasteiger partial charge in [0, 0.05) is 55.4 Å². The molecule has 0 saturated heterocycles. The normalized spacial score (nSPS) is 12.7. The lowest BCUT2D eigenvalue weighted by atomic mass is 9.82. The van der Waals surface area contributed by atoms with Crippen LogP contribution < -0.4 is 4.90 Å². The molecule has 0 fully saturated rings. The van der Waals surface area contributed by atoms with E-state index in [4.69, 9.17) is 0 Å². The van der Waals surface area contributed by atoms with Gasteiger partial charge in [0.1, 0.15) is 0 Å². The van der Waals surface area contributed by atoms with Gasteiger partial charge in [-0.3, -0.25) is 0 Å². The van der Waals surface area contributed by atoms with E-state index in [2.05, 4.69) is 289 Å². The maximum atomic E-state index is 2.49. The molecule has 0 radical (unpaired) electrons. The van der Waals surface area contributed by atoms with Gasteiger partial charge in [-0.1, -0.05) is 172 Å². The summed E-state index contributed by atoms with van der Waals surface area (Å²) in [4.78, 5) is 2.34. The van der Waals surface area contributed by atoms with Crippen LogP contribution in [0, 0.1) is 0 Å². The molecule has 0 spiro atoms. The molecule has 3 heteroatoms. The van der Waals surface area contributed by atoms with Crippen LogP contribution in [0.4, 0.5) is 17.1 Å². The van der Waals surface area contributed by atoms with E-state index in [1.165, 1.54) is 71.6 Å². The molecule has 0 unspecified atom stereocenters. The average Bonchev–Trinajstić information content (AvgIpc) is 4.04. The van der Waals surface area contributed by atoms with Gasteiger partial charge in [0.05, 0.1) is 22.1 Å². The van der Waals surface area contributed by atoms with Crippen LogP contribution in [0.3, 0.4) is 0 Å². The number of para-hydroxylation sites is 5. The Morgan fingerprint density at radius 2 is 0.736 bits per heavy atom. The van der Waals surface area contributed by atoms with Gasteiger partial charge < -0.3 is 14.0 Å². The molecule has 1 aliphatic carbocycles. The maximum absolute atomic E-state index is 2.49. The Morgan fingerprint density at radius 3 is 1.33 bits per heavy atom. The van der Waals surface area contributed by atoms with E-state index >= 15 is 0 Å². The Labute approximate surface area is 419 Å². The zero-order valence-electron chi connectivity index (χ0n) is 40.2. The zero-order chi connectivity index (χ0) is 47.9. The molecule has 2 aromatic heterocycles. The summed E-state index contributed by atoms with van der Waals surface area (Å²) >= 11 is 0. The SMILES string of the molecule is CC1(C)c2ccccc2-c2ccc(-n3c4ccccc4c4ccc(-c5cc(-c6cccc(N(c7ccccc7)c7ccccc7)c6)cc(-c6ccc7c8ccccc8n(-c8ccccc8)c7c6)c5)cc43)cc21. The summed E-state index contributed by atoms with van der Waals surface area (Å²) in [5.74, 6) is 0. The van der Waals surface area contributed by atoms with Crippen molar-refractivity contribution in [1.29, 1.82) is 0 Å². The largest absolute Gasteiger partial charge is 0.310 e. The quantitative estimate of drug-likeness (QED) is 0.148. The van der Waals surface area contributed by atoms with Crippen molar-refractivity contribution < 1.29 is 0 Å². The van der Waals surface area contributed by atoms with Crippen molar-refractivity contribution in [2.45, 2.75) is 19.3 Å². The van der Waals surface area contributed by atoms with Crippen molar-refractivity contribution in [1.82, 2.24) is 9.13 Å². The lowest BCUT2D eigenvalue weighted by molar-refractivity contribution is 0.660. The highest BCUT2D eigenvalue weighted by Gasteiger charge is 2.35. The molecular formula is C69H49N3. The molecule has 3 nitrogen and oxygen atoms in total. The molecule has 0 amide bonds. The summed E-state index contributed by atoms with van der Waals surface area (Å²) in [5, 5.41) is 4.97. The highest BCUT2D eigenvalue weighted by atomic mass is 15.1.